The van der Waals surface area contributed by atoms with Gasteiger partial charge in [0, 0.05) is 15.9 Å². The number of aromatic amines is 1. The molecule has 0 amide bonds. The van der Waals surface area contributed by atoms with E-state index < -0.39 is 0 Å². The largest absolute Gasteiger partial charge is 0.309 e. The van der Waals surface area contributed by atoms with Gasteiger partial charge in [0.2, 0.25) is 0 Å². The number of hydrogen-bond donors (Lipinski definition) is 2. The second-order valence-electron chi connectivity index (χ2n) is 7.65. The van der Waals surface area contributed by atoms with Crippen LogP contribution >= 0.6 is 22.9 Å². The maximum Gasteiger partial charge on any atom is 0.259 e. The van der Waals surface area contributed by atoms with E-state index in [9.17, 15) is 4.79 Å². The fourth-order valence-corrected chi connectivity index (χ4v) is 5.49. The van der Waals surface area contributed by atoms with Crippen LogP contribution in [0, 0.1) is 5.92 Å². The van der Waals surface area contributed by atoms with Crippen LogP contribution in [0.3, 0.4) is 0 Å². The van der Waals surface area contributed by atoms with Gasteiger partial charge in [0.05, 0.1) is 11.4 Å². The number of halogens is 1. The second-order valence-corrected chi connectivity index (χ2v) is 9.17. The molecule has 27 heavy (non-hydrogen) atoms. The van der Waals surface area contributed by atoms with E-state index >= 15 is 0 Å². The predicted octanol–water partition coefficient (Wildman–Crippen LogP) is 5.17. The number of fused-ring (bicyclic) bond motifs is 3. The average molecular weight is 402 g/mol. The van der Waals surface area contributed by atoms with E-state index in [1.165, 1.54) is 10.4 Å². The molecule has 0 aliphatic heterocycles. The van der Waals surface area contributed by atoms with Crippen LogP contribution in [0.4, 0.5) is 0 Å². The topological polar surface area (TPSA) is 57.8 Å². The van der Waals surface area contributed by atoms with Crippen molar-refractivity contribution in [3.05, 3.63) is 61.5 Å². The van der Waals surface area contributed by atoms with Crippen LogP contribution < -0.4 is 10.9 Å². The van der Waals surface area contributed by atoms with Gasteiger partial charge in [0.25, 0.3) is 5.56 Å². The summed E-state index contributed by atoms with van der Waals surface area (Å²) in [6, 6.07) is 7.84. The maximum atomic E-state index is 12.8. The van der Waals surface area contributed by atoms with Crippen molar-refractivity contribution in [2.75, 3.05) is 0 Å². The van der Waals surface area contributed by atoms with E-state index in [0.717, 1.165) is 40.1 Å². The molecule has 1 aliphatic carbocycles. The Labute approximate surface area is 168 Å². The SMILES string of the molecule is C[C@H]1CCc2c(sc3nc([C@H](C)N[C@@H](C)c4cccc(Cl)c4)[nH]c(=O)c23)C1. The zero-order chi connectivity index (χ0) is 19.1. The third kappa shape index (κ3) is 3.68. The van der Waals surface area contributed by atoms with E-state index in [1.807, 2.05) is 31.2 Å². The Hall–Kier alpha value is -1.69. The van der Waals surface area contributed by atoms with Gasteiger partial charge in [-0.05, 0) is 62.3 Å². The van der Waals surface area contributed by atoms with Crippen LogP contribution in [-0.4, -0.2) is 9.97 Å². The first-order valence-corrected chi connectivity index (χ1v) is 10.7. The standard InChI is InChI=1S/C21H24ClN3OS/c1-11-7-8-16-17(9-11)27-21-18(16)20(26)24-19(25-21)13(3)23-12(2)14-5-4-6-15(22)10-14/h4-6,10-13,23H,7-9H2,1-3H3,(H,24,25,26)/t11-,12-,13-/m0/s1. The van der Waals surface area contributed by atoms with Crippen LogP contribution in [0.1, 0.15) is 61.1 Å². The number of aryl methyl sites for hydroxylation is 1. The third-order valence-corrected chi connectivity index (χ3v) is 6.83. The highest BCUT2D eigenvalue weighted by Crippen LogP contribution is 2.35. The summed E-state index contributed by atoms with van der Waals surface area (Å²) in [4.78, 5) is 22.8. The van der Waals surface area contributed by atoms with Crippen molar-refractivity contribution in [3.63, 3.8) is 0 Å². The number of hydrogen-bond acceptors (Lipinski definition) is 4. The molecule has 142 valence electrons. The number of thiophene rings is 1. The van der Waals surface area contributed by atoms with Gasteiger partial charge in [-0.25, -0.2) is 4.98 Å². The highest BCUT2D eigenvalue weighted by molar-refractivity contribution is 7.18. The molecular formula is C21H24ClN3OS. The lowest BCUT2D eigenvalue weighted by molar-refractivity contribution is 0.477. The van der Waals surface area contributed by atoms with Crippen molar-refractivity contribution in [1.82, 2.24) is 15.3 Å². The zero-order valence-electron chi connectivity index (χ0n) is 15.8. The Kier molecular flexibility index (Phi) is 5.10. The Balaban J connectivity index is 1.62. The average Bonchev–Trinajstić information content (AvgIpc) is 2.99. The van der Waals surface area contributed by atoms with Crippen LogP contribution in [0.2, 0.25) is 5.02 Å². The monoisotopic (exact) mass is 401 g/mol. The number of nitrogens with zero attached hydrogens (tertiary/aromatic N) is 1. The summed E-state index contributed by atoms with van der Waals surface area (Å²) in [7, 11) is 0. The van der Waals surface area contributed by atoms with Gasteiger partial charge >= 0.3 is 0 Å². The van der Waals surface area contributed by atoms with Crippen LogP contribution in [0.25, 0.3) is 10.2 Å². The molecule has 2 heterocycles. The zero-order valence-corrected chi connectivity index (χ0v) is 17.4. The van der Waals surface area contributed by atoms with E-state index in [0.29, 0.717) is 11.7 Å². The predicted molar refractivity (Wildman–Crippen MR) is 113 cm³/mol. The van der Waals surface area contributed by atoms with Gasteiger partial charge < -0.3 is 10.3 Å². The molecule has 3 aromatic rings. The van der Waals surface area contributed by atoms with Crippen molar-refractivity contribution >= 4 is 33.2 Å². The molecule has 1 aromatic carbocycles. The summed E-state index contributed by atoms with van der Waals surface area (Å²) in [5.74, 6) is 1.37. The first-order valence-electron chi connectivity index (χ1n) is 9.48. The summed E-state index contributed by atoms with van der Waals surface area (Å²) >= 11 is 7.79. The van der Waals surface area contributed by atoms with Crippen LogP contribution in [0.5, 0.6) is 0 Å². The summed E-state index contributed by atoms with van der Waals surface area (Å²) < 4.78 is 0. The first-order chi connectivity index (χ1) is 12.9. The molecule has 3 atom stereocenters. The minimum Gasteiger partial charge on any atom is -0.309 e. The molecule has 0 fully saturated rings. The molecule has 0 radical (unpaired) electrons. The molecule has 2 aromatic heterocycles. The molecule has 6 heteroatoms. The molecule has 0 saturated heterocycles. The molecule has 0 spiro atoms. The molecule has 0 bridgehead atoms. The molecule has 2 N–H and O–H groups in total. The molecule has 4 nitrogen and oxygen atoms in total. The summed E-state index contributed by atoms with van der Waals surface area (Å²) in [5, 5.41) is 5.04. The van der Waals surface area contributed by atoms with Crippen molar-refractivity contribution in [2.24, 2.45) is 5.92 Å². The number of aromatic nitrogens is 2. The Bertz CT molecular complexity index is 1040. The lowest BCUT2D eigenvalue weighted by Gasteiger charge is -2.20. The van der Waals surface area contributed by atoms with Gasteiger partial charge in [-0.3, -0.25) is 4.79 Å². The fourth-order valence-electron chi connectivity index (χ4n) is 3.90. The van der Waals surface area contributed by atoms with E-state index in [1.54, 1.807) is 11.3 Å². The van der Waals surface area contributed by atoms with E-state index in [2.05, 4.69) is 24.1 Å². The molecular weight excluding hydrogens is 378 g/mol. The van der Waals surface area contributed by atoms with Crippen molar-refractivity contribution < 1.29 is 0 Å². The van der Waals surface area contributed by atoms with E-state index in [-0.39, 0.29) is 17.6 Å². The number of H-pyrrole nitrogens is 1. The normalized spacial score (nSPS) is 19.0. The minimum absolute atomic E-state index is 0.00823. The Morgan fingerprint density at radius 1 is 1.33 bits per heavy atom. The maximum absolute atomic E-state index is 12.8. The van der Waals surface area contributed by atoms with Crippen molar-refractivity contribution in [1.29, 1.82) is 0 Å². The van der Waals surface area contributed by atoms with Crippen molar-refractivity contribution in [2.45, 2.75) is 52.1 Å². The highest BCUT2D eigenvalue weighted by Gasteiger charge is 2.24. The summed E-state index contributed by atoms with van der Waals surface area (Å²) in [6.07, 6.45) is 3.19. The molecule has 4 rings (SSSR count). The van der Waals surface area contributed by atoms with Gasteiger partial charge in [-0.1, -0.05) is 30.7 Å². The smallest absolute Gasteiger partial charge is 0.259 e. The summed E-state index contributed by atoms with van der Waals surface area (Å²) in [6.45, 7) is 6.39. The van der Waals surface area contributed by atoms with Crippen molar-refractivity contribution in [3.8, 4) is 0 Å². The van der Waals surface area contributed by atoms with Gasteiger partial charge in [-0.15, -0.1) is 11.3 Å². The first kappa shape index (κ1) is 18.7. The highest BCUT2D eigenvalue weighted by atomic mass is 35.5. The van der Waals surface area contributed by atoms with Gasteiger partial charge in [0.1, 0.15) is 10.7 Å². The third-order valence-electron chi connectivity index (χ3n) is 5.44. The van der Waals surface area contributed by atoms with Crippen LogP contribution in [-0.2, 0) is 12.8 Å². The van der Waals surface area contributed by atoms with E-state index in [4.69, 9.17) is 16.6 Å². The summed E-state index contributed by atoms with van der Waals surface area (Å²) in [5.41, 5.74) is 2.32. The molecule has 0 saturated carbocycles. The number of nitrogens with one attached hydrogen (secondary N) is 2. The second kappa shape index (κ2) is 7.38. The molecule has 1 aliphatic rings. The molecule has 0 unspecified atom stereocenters. The number of rotatable bonds is 4. The van der Waals surface area contributed by atoms with Crippen LogP contribution in [0.15, 0.2) is 29.1 Å². The fraction of sp³-hybridized carbons (Fsp3) is 0.429. The minimum atomic E-state index is -0.0749. The quantitative estimate of drug-likeness (QED) is 0.633. The van der Waals surface area contributed by atoms with Gasteiger partial charge in [-0.2, -0.15) is 0 Å². The van der Waals surface area contributed by atoms with Gasteiger partial charge in [0.15, 0.2) is 0 Å². The number of benzene rings is 1. The Morgan fingerprint density at radius 2 is 2.15 bits per heavy atom. The Morgan fingerprint density at radius 3 is 2.93 bits per heavy atom. The lowest BCUT2D eigenvalue weighted by atomic mass is 9.89. The lowest BCUT2D eigenvalue weighted by Crippen LogP contribution is -2.26.